The molecule has 84 valence electrons. The van der Waals surface area contributed by atoms with Crippen molar-refractivity contribution in [2.75, 3.05) is 0 Å². The Morgan fingerprint density at radius 2 is 1.86 bits per heavy atom. The molecule has 0 saturated heterocycles. The van der Waals surface area contributed by atoms with Crippen molar-refractivity contribution >= 4 is 0 Å². The van der Waals surface area contributed by atoms with Crippen molar-refractivity contribution in [2.24, 2.45) is 0 Å². The lowest BCUT2D eigenvalue weighted by atomic mass is 9.89. The van der Waals surface area contributed by atoms with E-state index >= 15 is 0 Å². The molecule has 0 heterocycles. The van der Waals surface area contributed by atoms with Crippen LogP contribution in [0.5, 0.6) is 0 Å². The summed E-state index contributed by atoms with van der Waals surface area (Å²) in [4.78, 5) is 0. The maximum Gasteiger partial charge on any atom is 0.0693 e. The topological polar surface area (TPSA) is 52.5 Å². The molecule has 1 rings (SSSR count). The fourth-order valence-corrected chi connectivity index (χ4v) is 1.88. The van der Waals surface area contributed by atoms with Gasteiger partial charge >= 0.3 is 0 Å². The SMILES string of the molecule is CC(O)C(C)(C)NC1CCCCC1O. The first-order chi connectivity index (χ1) is 6.43. The van der Waals surface area contributed by atoms with Gasteiger partial charge in [-0.1, -0.05) is 12.8 Å². The summed E-state index contributed by atoms with van der Waals surface area (Å²) in [6, 6.07) is 0.147. The van der Waals surface area contributed by atoms with Gasteiger partial charge in [0.05, 0.1) is 12.2 Å². The standard InChI is InChI=1S/C11H23NO2/c1-8(13)11(2,3)12-9-6-4-5-7-10(9)14/h8-10,12-14H,4-7H2,1-3H3. The predicted octanol–water partition coefficient (Wildman–Crippen LogP) is 1.04. The summed E-state index contributed by atoms with van der Waals surface area (Å²) in [5.41, 5.74) is -0.316. The molecule has 0 amide bonds. The van der Waals surface area contributed by atoms with Gasteiger partial charge in [-0.05, 0) is 33.6 Å². The molecule has 3 N–H and O–H groups in total. The fraction of sp³-hybridized carbons (Fsp3) is 1.00. The van der Waals surface area contributed by atoms with Gasteiger partial charge in [-0.3, -0.25) is 0 Å². The summed E-state index contributed by atoms with van der Waals surface area (Å²) >= 11 is 0. The first kappa shape index (κ1) is 12.0. The number of rotatable bonds is 3. The third-order valence-corrected chi connectivity index (χ3v) is 3.33. The maximum atomic E-state index is 9.77. The molecule has 3 heteroatoms. The molecule has 1 saturated carbocycles. The van der Waals surface area contributed by atoms with Crippen LogP contribution in [0.4, 0.5) is 0 Å². The Bertz CT molecular complexity index is 180. The van der Waals surface area contributed by atoms with Crippen LogP contribution < -0.4 is 5.32 Å². The summed E-state index contributed by atoms with van der Waals surface area (Å²) in [7, 11) is 0. The van der Waals surface area contributed by atoms with Crippen LogP contribution in [0.25, 0.3) is 0 Å². The highest BCUT2D eigenvalue weighted by molar-refractivity contribution is 4.91. The van der Waals surface area contributed by atoms with Gasteiger partial charge in [0.25, 0.3) is 0 Å². The minimum Gasteiger partial charge on any atom is -0.392 e. The molecule has 0 bridgehead atoms. The van der Waals surface area contributed by atoms with E-state index in [-0.39, 0.29) is 17.7 Å². The lowest BCUT2D eigenvalue weighted by molar-refractivity contribution is 0.0381. The highest BCUT2D eigenvalue weighted by atomic mass is 16.3. The number of nitrogens with one attached hydrogen (secondary N) is 1. The van der Waals surface area contributed by atoms with Crippen molar-refractivity contribution < 1.29 is 10.2 Å². The second-order valence-electron chi connectivity index (χ2n) is 5.00. The zero-order valence-corrected chi connectivity index (χ0v) is 9.45. The van der Waals surface area contributed by atoms with Crippen LogP contribution in [0.15, 0.2) is 0 Å². The normalized spacial score (nSPS) is 31.5. The average molecular weight is 201 g/mol. The Balaban J connectivity index is 2.49. The van der Waals surface area contributed by atoms with Gasteiger partial charge in [-0.25, -0.2) is 0 Å². The Morgan fingerprint density at radius 3 is 2.36 bits per heavy atom. The van der Waals surface area contributed by atoms with Crippen LogP contribution in [-0.2, 0) is 0 Å². The molecular formula is C11H23NO2. The molecule has 1 aliphatic rings. The molecule has 0 aliphatic heterocycles. The largest absolute Gasteiger partial charge is 0.392 e. The molecule has 0 radical (unpaired) electrons. The van der Waals surface area contributed by atoms with E-state index in [0.29, 0.717) is 0 Å². The zero-order valence-electron chi connectivity index (χ0n) is 9.45. The van der Waals surface area contributed by atoms with E-state index in [4.69, 9.17) is 0 Å². The Labute approximate surface area is 86.5 Å². The molecule has 1 aliphatic carbocycles. The summed E-state index contributed by atoms with van der Waals surface area (Å²) in [5, 5.41) is 22.7. The predicted molar refractivity (Wildman–Crippen MR) is 57.2 cm³/mol. The van der Waals surface area contributed by atoms with Crippen molar-refractivity contribution in [1.82, 2.24) is 5.32 Å². The van der Waals surface area contributed by atoms with Gasteiger partial charge in [0, 0.05) is 11.6 Å². The van der Waals surface area contributed by atoms with Gasteiger partial charge in [-0.2, -0.15) is 0 Å². The van der Waals surface area contributed by atoms with Gasteiger partial charge < -0.3 is 15.5 Å². The second-order valence-corrected chi connectivity index (χ2v) is 5.00. The van der Waals surface area contributed by atoms with Gasteiger partial charge in [0.15, 0.2) is 0 Å². The molecule has 0 spiro atoms. The van der Waals surface area contributed by atoms with Crippen LogP contribution in [0.2, 0.25) is 0 Å². The van der Waals surface area contributed by atoms with Crippen LogP contribution in [0.3, 0.4) is 0 Å². The molecule has 3 unspecified atom stereocenters. The third-order valence-electron chi connectivity index (χ3n) is 3.33. The Hall–Kier alpha value is -0.120. The van der Waals surface area contributed by atoms with E-state index in [9.17, 15) is 10.2 Å². The van der Waals surface area contributed by atoms with E-state index in [2.05, 4.69) is 5.32 Å². The number of hydrogen-bond donors (Lipinski definition) is 3. The molecule has 0 aromatic carbocycles. The highest BCUT2D eigenvalue weighted by Crippen LogP contribution is 2.21. The smallest absolute Gasteiger partial charge is 0.0693 e. The third kappa shape index (κ3) is 2.94. The number of aliphatic hydroxyl groups is 2. The number of hydrogen-bond acceptors (Lipinski definition) is 3. The van der Waals surface area contributed by atoms with E-state index in [1.807, 2.05) is 13.8 Å². The van der Waals surface area contributed by atoms with Gasteiger partial charge in [0.2, 0.25) is 0 Å². The molecule has 0 aromatic rings. The second kappa shape index (κ2) is 4.60. The minimum atomic E-state index is -0.406. The Kier molecular flexibility index (Phi) is 3.93. The van der Waals surface area contributed by atoms with Crippen molar-refractivity contribution in [3.05, 3.63) is 0 Å². The van der Waals surface area contributed by atoms with Crippen molar-refractivity contribution in [3.63, 3.8) is 0 Å². The summed E-state index contributed by atoms with van der Waals surface area (Å²) in [6.07, 6.45) is 3.53. The van der Waals surface area contributed by atoms with Crippen molar-refractivity contribution in [3.8, 4) is 0 Å². The van der Waals surface area contributed by atoms with E-state index < -0.39 is 6.10 Å². The average Bonchev–Trinajstić information content (AvgIpc) is 2.08. The summed E-state index contributed by atoms with van der Waals surface area (Å²) < 4.78 is 0. The van der Waals surface area contributed by atoms with Crippen LogP contribution in [-0.4, -0.2) is 34.0 Å². The van der Waals surface area contributed by atoms with E-state index in [0.717, 1.165) is 19.3 Å². The summed E-state index contributed by atoms with van der Waals surface area (Å²) in [6.45, 7) is 5.72. The highest BCUT2D eigenvalue weighted by Gasteiger charge is 2.31. The van der Waals surface area contributed by atoms with Crippen molar-refractivity contribution in [2.45, 2.75) is 70.2 Å². The molecule has 1 fully saturated rings. The van der Waals surface area contributed by atoms with Gasteiger partial charge in [-0.15, -0.1) is 0 Å². The van der Waals surface area contributed by atoms with Crippen LogP contribution in [0, 0.1) is 0 Å². The summed E-state index contributed by atoms with van der Waals surface area (Å²) in [5.74, 6) is 0. The zero-order chi connectivity index (χ0) is 10.8. The monoisotopic (exact) mass is 201 g/mol. The number of aliphatic hydroxyl groups excluding tert-OH is 2. The molecule has 3 atom stereocenters. The van der Waals surface area contributed by atoms with E-state index in [1.54, 1.807) is 6.92 Å². The van der Waals surface area contributed by atoms with Crippen LogP contribution >= 0.6 is 0 Å². The fourth-order valence-electron chi connectivity index (χ4n) is 1.88. The quantitative estimate of drug-likeness (QED) is 0.639. The molecular weight excluding hydrogens is 178 g/mol. The van der Waals surface area contributed by atoms with Crippen LogP contribution in [0.1, 0.15) is 46.5 Å². The van der Waals surface area contributed by atoms with Gasteiger partial charge in [0.1, 0.15) is 0 Å². The van der Waals surface area contributed by atoms with E-state index in [1.165, 1.54) is 6.42 Å². The lowest BCUT2D eigenvalue weighted by Crippen LogP contribution is -2.56. The first-order valence-electron chi connectivity index (χ1n) is 5.57. The van der Waals surface area contributed by atoms with Crippen molar-refractivity contribution in [1.29, 1.82) is 0 Å². The first-order valence-corrected chi connectivity index (χ1v) is 5.57. The minimum absolute atomic E-state index is 0.147. The molecule has 14 heavy (non-hydrogen) atoms. The molecule has 0 aromatic heterocycles. The maximum absolute atomic E-state index is 9.77. The molecule has 3 nitrogen and oxygen atoms in total. The lowest BCUT2D eigenvalue weighted by Gasteiger charge is -2.38. The Morgan fingerprint density at radius 1 is 1.29 bits per heavy atom.